The number of aromatic nitrogens is 2. The molecule has 0 aromatic carbocycles. The Labute approximate surface area is 146 Å². The normalized spacial score (nSPS) is 26.5. The highest BCUT2D eigenvalue weighted by molar-refractivity contribution is 8.01. The largest absolute Gasteiger partial charge is 0.381 e. The van der Waals surface area contributed by atoms with Crippen molar-refractivity contribution < 1.29 is 14.3 Å². The van der Waals surface area contributed by atoms with Crippen molar-refractivity contribution in [3.8, 4) is 0 Å². The van der Waals surface area contributed by atoms with Gasteiger partial charge in [-0.1, -0.05) is 0 Å². The number of hydrogen-bond donors (Lipinski definition) is 0. The van der Waals surface area contributed by atoms with E-state index < -0.39 is 0 Å². The molecule has 1 spiro atoms. The topological polar surface area (TPSA) is 64.6 Å². The number of ether oxygens (including phenoxy) is 2. The van der Waals surface area contributed by atoms with E-state index in [1.807, 2.05) is 16.7 Å². The summed E-state index contributed by atoms with van der Waals surface area (Å²) in [5.41, 5.74) is 0.621. The summed E-state index contributed by atoms with van der Waals surface area (Å²) in [5.74, 6) is 1.75. The number of hydrogen-bond acceptors (Lipinski definition) is 6. The van der Waals surface area contributed by atoms with Crippen LogP contribution in [0.2, 0.25) is 0 Å². The number of carbonyl (C=O) groups is 1. The molecule has 3 saturated heterocycles. The van der Waals surface area contributed by atoms with Gasteiger partial charge in [-0.15, -0.1) is 11.8 Å². The number of rotatable bonds is 4. The summed E-state index contributed by atoms with van der Waals surface area (Å²) in [6.45, 7) is 4.23. The maximum Gasteiger partial charge on any atom is 0.255 e. The standard InChI is InChI=1S/C17H23N3O3S/c21-16(14-1-4-18-19-8-14)20-11-17(12-20)7-15(10-24-17)23-9-13-2-5-22-6-3-13/h1,4,8,13,15H,2-3,5-7,9-12H2/t15-/m0/s1. The van der Waals surface area contributed by atoms with Gasteiger partial charge in [-0.2, -0.15) is 10.2 Å². The molecule has 3 aliphatic rings. The summed E-state index contributed by atoms with van der Waals surface area (Å²) in [5, 5.41) is 7.51. The van der Waals surface area contributed by atoms with Crippen LogP contribution < -0.4 is 0 Å². The zero-order valence-corrected chi connectivity index (χ0v) is 14.5. The van der Waals surface area contributed by atoms with Crippen LogP contribution in [0.25, 0.3) is 0 Å². The van der Waals surface area contributed by atoms with Gasteiger partial charge in [0, 0.05) is 38.7 Å². The summed E-state index contributed by atoms with van der Waals surface area (Å²) in [7, 11) is 0. The number of likely N-dealkylation sites (tertiary alicyclic amines) is 1. The number of amides is 1. The predicted octanol–water partition coefficient (Wildman–Crippen LogP) is 1.62. The second-order valence-corrected chi connectivity index (χ2v) is 8.49. The third kappa shape index (κ3) is 3.43. The number of carbonyl (C=O) groups excluding carboxylic acids is 1. The van der Waals surface area contributed by atoms with Crippen LogP contribution in [0.5, 0.6) is 0 Å². The van der Waals surface area contributed by atoms with E-state index in [1.165, 1.54) is 6.20 Å². The molecule has 0 N–H and O–H groups in total. The van der Waals surface area contributed by atoms with Crippen LogP contribution in [0.15, 0.2) is 18.5 Å². The van der Waals surface area contributed by atoms with Crippen molar-refractivity contribution in [2.45, 2.75) is 30.1 Å². The lowest BCUT2D eigenvalue weighted by molar-refractivity contribution is -0.0118. The average Bonchev–Trinajstić information content (AvgIpc) is 3.04. The van der Waals surface area contributed by atoms with E-state index in [0.29, 0.717) is 17.6 Å². The Bertz CT molecular complexity index is 574. The van der Waals surface area contributed by atoms with Crippen LogP contribution in [0, 0.1) is 5.92 Å². The summed E-state index contributed by atoms with van der Waals surface area (Å²) in [6, 6.07) is 1.72. The van der Waals surface area contributed by atoms with Gasteiger partial charge in [0.2, 0.25) is 0 Å². The lowest BCUT2D eigenvalue weighted by Gasteiger charge is -2.47. The first-order valence-electron chi connectivity index (χ1n) is 8.63. The van der Waals surface area contributed by atoms with E-state index in [2.05, 4.69) is 10.2 Å². The minimum atomic E-state index is 0.0581. The second kappa shape index (κ2) is 6.98. The van der Waals surface area contributed by atoms with Gasteiger partial charge in [0.05, 0.1) is 28.8 Å². The molecule has 1 aromatic rings. The monoisotopic (exact) mass is 349 g/mol. The van der Waals surface area contributed by atoms with Crippen LogP contribution >= 0.6 is 11.8 Å². The van der Waals surface area contributed by atoms with Gasteiger partial charge < -0.3 is 14.4 Å². The third-order valence-electron chi connectivity index (χ3n) is 5.16. The zero-order chi connectivity index (χ0) is 16.4. The lowest BCUT2D eigenvalue weighted by Crippen LogP contribution is -2.60. The van der Waals surface area contributed by atoms with Gasteiger partial charge in [0.25, 0.3) is 5.91 Å². The average molecular weight is 349 g/mol. The fraction of sp³-hybridized carbons (Fsp3) is 0.706. The lowest BCUT2D eigenvalue weighted by atomic mass is 9.92. The molecule has 4 rings (SSSR count). The van der Waals surface area contributed by atoms with E-state index in [9.17, 15) is 4.79 Å². The Morgan fingerprint density at radius 1 is 1.38 bits per heavy atom. The van der Waals surface area contributed by atoms with Crippen molar-refractivity contribution in [1.29, 1.82) is 0 Å². The quantitative estimate of drug-likeness (QED) is 0.823. The fourth-order valence-electron chi connectivity index (χ4n) is 3.71. The minimum Gasteiger partial charge on any atom is -0.381 e. The maximum absolute atomic E-state index is 12.4. The Kier molecular flexibility index (Phi) is 4.74. The Balaban J connectivity index is 1.23. The van der Waals surface area contributed by atoms with Crippen molar-refractivity contribution in [3.05, 3.63) is 24.0 Å². The fourth-order valence-corrected chi connectivity index (χ4v) is 5.26. The molecule has 3 fully saturated rings. The van der Waals surface area contributed by atoms with Crippen LogP contribution in [-0.4, -0.2) is 70.5 Å². The van der Waals surface area contributed by atoms with Gasteiger partial charge in [-0.25, -0.2) is 0 Å². The van der Waals surface area contributed by atoms with E-state index in [1.54, 1.807) is 12.3 Å². The van der Waals surface area contributed by atoms with Crippen molar-refractivity contribution >= 4 is 17.7 Å². The van der Waals surface area contributed by atoms with Gasteiger partial charge in [-0.3, -0.25) is 4.79 Å². The molecular formula is C17H23N3O3S. The Morgan fingerprint density at radius 3 is 2.96 bits per heavy atom. The highest BCUT2D eigenvalue weighted by atomic mass is 32.2. The van der Waals surface area contributed by atoms with Crippen molar-refractivity contribution in [2.75, 3.05) is 38.7 Å². The Hall–Kier alpha value is -1.18. The van der Waals surface area contributed by atoms with Crippen molar-refractivity contribution in [1.82, 2.24) is 15.1 Å². The molecule has 24 heavy (non-hydrogen) atoms. The summed E-state index contributed by atoms with van der Waals surface area (Å²) < 4.78 is 11.8. The molecule has 3 aliphatic heterocycles. The minimum absolute atomic E-state index is 0.0581. The van der Waals surface area contributed by atoms with Gasteiger partial charge in [-0.05, 0) is 31.2 Å². The van der Waals surface area contributed by atoms with Gasteiger partial charge in [0.15, 0.2) is 0 Å². The molecule has 0 radical (unpaired) electrons. The van der Waals surface area contributed by atoms with E-state index in [0.717, 1.165) is 57.9 Å². The first-order chi connectivity index (χ1) is 11.7. The molecule has 1 aromatic heterocycles. The van der Waals surface area contributed by atoms with Crippen LogP contribution in [0.1, 0.15) is 29.6 Å². The third-order valence-corrected chi connectivity index (χ3v) is 6.74. The smallest absolute Gasteiger partial charge is 0.255 e. The molecule has 0 bridgehead atoms. The number of nitrogens with zero attached hydrogens (tertiary/aromatic N) is 3. The molecule has 130 valence electrons. The second-order valence-electron chi connectivity index (χ2n) is 7.00. The number of thioether (sulfide) groups is 1. The van der Waals surface area contributed by atoms with Crippen LogP contribution in [0.4, 0.5) is 0 Å². The highest BCUT2D eigenvalue weighted by Gasteiger charge is 2.51. The summed E-state index contributed by atoms with van der Waals surface area (Å²) >= 11 is 1.97. The Morgan fingerprint density at radius 2 is 2.21 bits per heavy atom. The molecule has 6 nitrogen and oxygen atoms in total. The van der Waals surface area contributed by atoms with Crippen molar-refractivity contribution in [3.63, 3.8) is 0 Å². The first kappa shape index (κ1) is 16.3. The summed E-state index contributed by atoms with van der Waals surface area (Å²) in [6.07, 6.45) is 6.72. The first-order valence-corrected chi connectivity index (χ1v) is 9.62. The molecule has 0 aliphatic carbocycles. The molecule has 4 heterocycles. The predicted molar refractivity (Wildman–Crippen MR) is 91.0 cm³/mol. The molecule has 7 heteroatoms. The molecular weight excluding hydrogens is 326 g/mol. The van der Waals surface area contributed by atoms with Crippen molar-refractivity contribution in [2.24, 2.45) is 5.92 Å². The van der Waals surface area contributed by atoms with Gasteiger partial charge >= 0.3 is 0 Å². The zero-order valence-electron chi connectivity index (χ0n) is 13.7. The SMILES string of the molecule is O=C(c1ccnnc1)N1CC2(C[C@H](OCC3CCOCC3)CS2)C1. The van der Waals surface area contributed by atoms with Crippen LogP contribution in [0.3, 0.4) is 0 Å². The highest BCUT2D eigenvalue weighted by Crippen LogP contribution is 2.46. The van der Waals surface area contributed by atoms with E-state index in [4.69, 9.17) is 9.47 Å². The molecule has 0 unspecified atom stereocenters. The molecule has 0 saturated carbocycles. The van der Waals surface area contributed by atoms with E-state index >= 15 is 0 Å². The van der Waals surface area contributed by atoms with E-state index in [-0.39, 0.29) is 10.7 Å². The van der Waals surface area contributed by atoms with Gasteiger partial charge in [0.1, 0.15) is 0 Å². The molecule has 1 amide bonds. The molecule has 1 atom stereocenters. The summed E-state index contributed by atoms with van der Waals surface area (Å²) in [4.78, 5) is 14.3. The van der Waals surface area contributed by atoms with Crippen LogP contribution in [-0.2, 0) is 9.47 Å². The maximum atomic E-state index is 12.4.